The second-order valence-corrected chi connectivity index (χ2v) is 7.72. The highest BCUT2D eigenvalue weighted by Crippen LogP contribution is 2.40. The van der Waals surface area contributed by atoms with E-state index in [9.17, 15) is 0 Å². The molecule has 2 heterocycles. The lowest BCUT2D eigenvalue weighted by Crippen LogP contribution is -1.88. The molecule has 1 nitrogen and oxygen atoms in total. The van der Waals surface area contributed by atoms with Crippen LogP contribution < -0.4 is 0 Å². The molecule has 0 aliphatic heterocycles. The van der Waals surface area contributed by atoms with E-state index in [0.717, 1.165) is 5.69 Å². The third-order valence-electron chi connectivity index (χ3n) is 4.78. The fourth-order valence-electron chi connectivity index (χ4n) is 3.78. The Morgan fingerprint density at radius 1 is 0.720 bits per heavy atom. The summed E-state index contributed by atoms with van der Waals surface area (Å²) in [5.41, 5.74) is 4.82. The highest BCUT2D eigenvalue weighted by atomic mass is 32.1. The minimum atomic E-state index is 1.07. The average Bonchev–Trinajstić information content (AvgIpc) is 2.99. The van der Waals surface area contributed by atoms with Crippen LogP contribution >= 0.6 is 11.3 Å². The fraction of sp³-hybridized carbons (Fsp3) is 0.0870. The molecule has 0 spiro atoms. The van der Waals surface area contributed by atoms with Gasteiger partial charge < -0.3 is 0 Å². The Hall–Kier alpha value is -2.71. The molecule has 2 heteroatoms. The van der Waals surface area contributed by atoms with E-state index in [1.165, 1.54) is 47.6 Å². The highest BCUT2D eigenvalue weighted by Gasteiger charge is 2.12. The van der Waals surface area contributed by atoms with Crippen LogP contribution in [0, 0.1) is 13.8 Å². The van der Waals surface area contributed by atoms with Crippen LogP contribution in [0.25, 0.3) is 42.2 Å². The number of nitrogens with zero attached hydrogens (tertiary/aromatic N) is 1. The maximum atomic E-state index is 4.72. The molecule has 0 N–H and O–H groups in total. The number of fused-ring (bicyclic) bond motifs is 5. The monoisotopic (exact) mass is 339 g/mol. The first-order valence-electron chi connectivity index (χ1n) is 8.48. The van der Waals surface area contributed by atoms with Crippen LogP contribution in [0.15, 0.2) is 66.9 Å². The van der Waals surface area contributed by atoms with Gasteiger partial charge in [-0.3, -0.25) is 4.98 Å². The van der Waals surface area contributed by atoms with Crippen LogP contribution in [0.1, 0.15) is 11.1 Å². The molecule has 120 valence electrons. The van der Waals surface area contributed by atoms with Crippen molar-refractivity contribution in [1.82, 2.24) is 4.98 Å². The molecular formula is C23H17NS. The van der Waals surface area contributed by atoms with Gasteiger partial charge in [-0.2, -0.15) is 0 Å². The summed E-state index contributed by atoms with van der Waals surface area (Å²) < 4.78 is 2.70. The van der Waals surface area contributed by atoms with E-state index in [-0.39, 0.29) is 0 Å². The predicted octanol–water partition coefficient (Wildman–Crippen LogP) is 6.89. The average molecular weight is 339 g/mol. The summed E-state index contributed by atoms with van der Waals surface area (Å²) in [5.74, 6) is 0. The van der Waals surface area contributed by atoms with Gasteiger partial charge in [-0.05, 0) is 38.1 Å². The maximum Gasteiger partial charge on any atom is 0.0780 e. The van der Waals surface area contributed by atoms with Gasteiger partial charge in [0, 0.05) is 42.7 Å². The summed E-state index contributed by atoms with van der Waals surface area (Å²) in [4.78, 5) is 4.72. The topological polar surface area (TPSA) is 12.9 Å². The molecule has 0 amide bonds. The van der Waals surface area contributed by atoms with Gasteiger partial charge in [-0.1, -0.05) is 47.5 Å². The quantitative estimate of drug-likeness (QED) is 0.324. The lowest BCUT2D eigenvalue weighted by molar-refractivity contribution is 1.33. The highest BCUT2D eigenvalue weighted by molar-refractivity contribution is 7.26. The molecule has 0 bridgehead atoms. The predicted molar refractivity (Wildman–Crippen MR) is 110 cm³/mol. The zero-order chi connectivity index (χ0) is 17.0. The van der Waals surface area contributed by atoms with Crippen LogP contribution in [-0.2, 0) is 0 Å². The number of pyridine rings is 1. The molecule has 0 fully saturated rings. The lowest BCUT2D eigenvalue weighted by atomic mass is 9.99. The van der Waals surface area contributed by atoms with Gasteiger partial charge in [0.1, 0.15) is 0 Å². The lowest BCUT2D eigenvalue weighted by Gasteiger charge is -2.09. The van der Waals surface area contributed by atoms with Crippen molar-refractivity contribution in [3.8, 4) is 11.3 Å². The van der Waals surface area contributed by atoms with E-state index >= 15 is 0 Å². The first kappa shape index (κ1) is 14.6. The Balaban J connectivity index is 1.88. The summed E-state index contributed by atoms with van der Waals surface area (Å²) in [6, 6.07) is 21.9. The molecule has 2 aromatic heterocycles. The van der Waals surface area contributed by atoms with Crippen LogP contribution in [0.5, 0.6) is 0 Å². The van der Waals surface area contributed by atoms with E-state index in [4.69, 9.17) is 4.98 Å². The Morgan fingerprint density at radius 3 is 2.28 bits per heavy atom. The normalized spacial score (nSPS) is 11.6. The van der Waals surface area contributed by atoms with Crippen molar-refractivity contribution in [3.63, 3.8) is 0 Å². The number of rotatable bonds is 1. The SMILES string of the molecule is Cc1cc(C)cc(-c2nccc3c2ccc2c4ccccc4sc32)c1. The van der Waals surface area contributed by atoms with Crippen molar-refractivity contribution in [3.05, 3.63) is 78.0 Å². The molecule has 0 atom stereocenters. The largest absolute Gasteiger partial charge is 0.256 e. The molecule has 0 aliphatic carbocycles. The first-order valence-corrected chi connectivity index (χ1v) is 9.30. The number of aromatic nitrogens is 1. The summed E-state index contributed by atoms with van der Waals surface area (Å²) in [5, 5.41) is 5.20. The van der Waals surface area contributed by atoms with Crippen molar-refractivity contribution in [2.45, 2.75) is 13.8 Å². The smallest absolute Gasteiger partial charge is 0.0780 e. The third kappa shape index (κ3) is 2.25. The zero-order valence-electron chi connectivity index (χ0n) is 14.2. The minimum absolute atomic E-state index is 1.07. The number of aryl methyl sites for hydroxylation is 2. The van der Waals surface area contributed by atoms with E-state index in [2.05, 4.69) is 74.5 Å². The molecular weight excluding hydrogens is 322 g/mol. The minimum Gasteiger partial charge on any atom is -0.256 e. The Morgan fingerprint density at radius 2 is 1.44 bits per heavy atom. The number of benzene rings is 3. The van der Waals surface area contributed by atoms with Gasteiger partial charge >= 0.3 is 0 Å². The van der Waals surface area contributed by atoms with Crippen LogP contribution in [0.4, 0.5) is 0 Å². The molecule has 0 radical (unpaired) electrons. The molecule has 0 saturated heterocycles. The van der Waals surface area contributed by atoms with E-state index in [1.54, 1.807) is 0 Å². The third-order valence-corrected chi connectivity index (χ3v) is 6.00. The molecule has 5 rings (SSSR count). The van der Waals surface area contributed by atoms with Gasteiger partial charge in [0.25, 0.3) is 0 Å². The summed E-state index contributed by atoms with van der Waals surface area (Å²) in [6.45, 7) is 4.29. The number of thiophene rings is 1. The fourth-order valence-corrected chi connectivity index (χ4v) is 5.01. The summed E-state index contributed by atoms with van der Waals surface area (Å²) in [7, 11) is 0. The van der Waals surface area contributed by atoms with E-state index in [1.807, 2.05) is 17.5 Å². The van der Waals surface area contributed by atoms with Gasteiger partial charge in [-0.15, -0.1) is 11.3 Å². The molecule has 0 saturated carbocycles. The summed E-state index contributed by atoms with van der Waals surface area (Å²) in [6.07, 6.45) is 1.94. The molecule has 5 aromatic rings. The Labute approximate surface area is 150 Å². The maximum absolute atomic E-state index is 4.72. The van der Waals surface area contributed by atoms with Crippen LogP contribution in [0.2, 0.25) is 0 Å². The van der Waals surface area contributed by atoms with Crippen LogP contribution in [-0.4, -0.2) is 4.98 Å². The van der Waals surface area contributed by atoms with Crippen molar-refractivity contribution >= 4 is 42.3 Å². The van der Waals surface area contributed by atoms with Crippen molar-refractivity contribution in [2.24, 2.45) is 0 Å². The van der Waals surface area contributed by atoms with Gasteiger partial charge in [-0.25, -0.2) is 0 Å². The number of hydrogen-bond acceptors (Lipinski definition) is 2. The first-order chi connectivity index (χ1) is 12.2. The zero-order valence-corrected chi connectivity index (χ0v) is 15.0. The van der Waals surface area contributed by atoms with Crippen molar-refractivity contribution in [2.75, 3.05) is 0 Å². The second kappa shape index (κ2) is 5.40. The van der Waals surface area contributed by atoms with Gasteiger partial charge in [0.15, 0.2) is 0 Å². The molecule has 3 aromatic carbocycles. The van der Waals surface area contributed by atoms with Crippen LogP contribution in [0.3, 0.4) is 0 Å². The Bertz CT molecular complexity index is 1240. The summed E-state index contributed by atoms with van der Waals surface area (Å²) >= 11 is 1.87. The standard InChI is InChI=1S/C23H17NS/c1-14-11-15(2)13-16(12-14)22-18-7-8-19-17-5-3-4-6-21(17)25-23(19)20(18)9-10-24-22/h3-13H,1-2H3. The van der Waals surface area contributed by atoms with Gasteiger partial charge in [0.2, 0.25) is 0 Å². The van der Waals surface area contributed by atoms with Crippen molar-refractivity contribution < 1.29 is 0 Å². The molecule has 0 unspecified atom stereocenters. The number of hydrogen-bond donors (Lipinski definition) is 0. The molecule has 25 heavy (non-hydrogen) atoms. The van der Waals surface area contributed by atoms with Crippen molar-refractivity contribution in [1.29, 1.82) is 0 Å². The molecule has 0 aliphatic rings. The van der Waals surface area contributed by atoms with E-state index in [0.29, 0.717) is 0 Å². The Kier molecular flexibility index (Phi) is 3.16. The van der Waals surface area contributed by atoms with Gasteiger partial charge in [0.05, 0.1) is 5.69 Å². The van der Waals surface area contributed by atoms with E-state index < -0.39 is 0 Å². The second-order valence-electron chi connectivity index (χ2n) is 6.67.